The van der Waals surface area contributed by atoms with Crippen molar-refractivity contribution in [2.75, 3.05) is 11.1 Å². The molecule has 0 saturated carbocycles. The van der Waals surface area contributed by atoms with E-state index >= 15 is 0 Å². The van der Waals surface area contributed by atoms with E-state index in [2.05, 4.69) is 20.5 Å². The zero-order valence-electron chi connectivity index (χ0n) is 19.3. The van der Waals surface area contributed by atoms with Gasteiger partial charge in [-0.25, -0.2) is 4.98 Å². The van der Waals surface area contributed by atoms with Crippen LogP contribution in [0.5, 0.6) is 0 Å². The maximum Gasteiger partial charge on any atom is 0.261 e. The standard InChI is InChI=1S/C24H26N6O2S/c1-14-8-9-18(11-16(14)3)26-21(31)13-33-24-28-27-20(29(24)5)12-19-17(4)25-22-15(2)7-6-10-30(22)23(19)32/h6-11H,12-13H2,1-5H3,(H,26,31). The fourth-order valence-electron chi connectivity index (χ4n) is 3.57. The number of aryl methyl sites for hydroxylation is 4. The Labute approximate surface area is 196 Å². The topological polar surface area (TPSA) is 94.2 Å². The zero-order chi connectivity index (χ0) is 23.7. The van der Waals surface area contributed by atoms with Gasteiger partial charge in [0.1, 0.15) is 11.5 Å². The fraction of sp³-hybridized carbons (Fsp3) is 0.292. The predicted octanol–water partition coefficient (Wildman–Crippen LogP) is 3.38. The van der Waals surface area contributed by atoms with Gasteiger partial charge in [0.25, 0.3) is 5.56 Å². The molecule has 8 nitrogen and oxygen atoms in total. The number of pyridine rings is 1. The van der Waals surface area contributed by atoms with E-state index in [0.717, 1.165) is 16.8 Å². The van der Waals surface area contributed by atoms with E-state index in [0.29, 0.717) is 34.3 Å². The first-order valence-electron chi connectivity index (χ1n) is 10.6. The Balaban J connectivity index is 1.48. The second-order valence-corrected chi connectivity index (χ2v) is 9.08. The van der Waals surface area contributed by atoms with Crippen LogP contribution < -0.4 is 10.9 Å². The van der Waals surface area contributed by atoms with E-state index in [1.165, 1.54) is 17.3 Å². The second-order valence-electron chi connectivity index (χ2n) is 8.14. The van der Waals surface area contributed by atoms with Crippen LogP contribution in [-0.4, -0.2) is 35.8 Å². The van der Waals surface area contributed by atoms with Crippen LogP contribution in [0.2, 0.25) is 0 Å². The maximum atomic E-state index is 13.1. The van der Waals surface area contributed by atoms with Crippen LogP contribution in [0.1, 0.15) is 33.8 Å². The van der Waals surface area contributed by atoms with Gasteiger partial charge >= 0.3 is 0 Å². The summed E-state index contributed by atoms with van der Waals surface area (Å²) < 4.78 is 3.39. The number of thioether (sulfide) groups is 1. The number of amides is 1. The SMILES string of the molecule is Cc1ccc(NC(=O)CSc2nnc(Cc3c(C)nc4c(C)cccn4c3=O)n2C)cc1C. The Kier molecular flexibility index (Phi) is 6.33. The molecule has 3 aromatic heterocycles. The minimum Gasteiger partial charge on any atom is -0.325 e. The van der Waals surface area contributed by atoms with Crippen LogP contribution in [0.3, 0.4) is 0 Å². The number of hydrogen-bond acceptors (Lipinski definition) is 6. The molecule has 0 fully saturated rings. The molecule has 0 bridgehead atoms. The summed E-state index contributed by atoms with van der Waals surface area (Å²) >= 11 is 1.30. The van der Waals surface area contributed by atoms with Gasteiger partial charge in [-0.1, -0.05) is 23.9 Å². The predicted molar refractivity (Wildman–Crippen MR) is 130 cm³/mol. The number of nitrogens with zero attached hydrogens (tertiary/aromatic N) is 5. The molecule has 9 heteroatoms. The highest BCUT2D eigenvalue weighted by molar-refractivity contribution is 7.99. The molecule has 170 valence electrons. The second kappa shape index (κ2) is 9.19. The molecule has 1 N–H and O–H groups in total. The van der Waals surface area contributed by atoms with E-state index in [-0.39, 0.29) is 17.2 Å². The average molecular weight is 463 g/mol. The maximum absolute atomic E-state index is 13.1. The van der Waals surface area contributed by atoms with Crippen molar-refractivity contribution >= 4 is 29.0 Å². The normalized spacial score (nSPS) is 11.2. The van der Waals surface area contributed by atoms with Crippen LogP contribution in [0.4, 0.5) is 5.69 Å². The summed E-state index contributed by atoms with van der Waals surface area (Å²) in [5, 5.41) is 12.0. The third kappa shape index (κ3) is 4.68. The first-order chi connectivity index (χ1) is 15.7. The van der Waals surface area contributed by atoms with Gasteiger partial charge in [0.2, 0.25) is 5.91 Å². The van der Waals surface area contributed by atoms with Crippen molar-refractivity contribution in [1.82, 2.24) is 24.1 Å². The number of carbonyl (C=O) groups excluding carboxylic acids is 1. The van der Waals surface area contributed by atoms with Crippen molar-refractivity contribution in [1.29, 1.82) is 0 Å². The van der Waals surface area contributed by atoms with E-state index in [1.807, 2.05) is 69.6 Å². The Morgan fingerprint density at radius 1 is 1.06 bits per heavy atom. The van der Waals surface area contributed by atoms with Gasteiger partial charge in [-0.15, -0.1) is 10.2 Å². The van der Waals surface area contributed by atoms with Gasteiger partial charge in [-0.2, -0.15) is 0 Å². The molecule has 0 unspecified atom stereocenters. The van der Waals surface area contributed by atoms with E-state index in [1.54, 1.807) is 10.6 Å². The molecule has 0 aliphatic rings. The third-order valence-electron chi connectivity index (χ3n) is 5.73. The van der Waals surface area contributed by atoms with Gasteiger partial charge < -0.3 is 9.88 Å². The fourth-order valence-corrected chi connectivity index (χ4v) is 4.30. The minimum atomic E-state index is -0.115. The molecule has 0 atom stereocenters. The summed E-state index contributed by atoms with van der Waals surface area (Å²) in [5.41, 5.74) is 5.84. The third-order valence-corrected chi connectivity index (χ3v) is 6.75. The molecule has 0 radical (unpaired) electrons. The number of nitrogens with one attached hydrogen (secondary N) is 1. The lowest BCUT2D eigenvalue weighted by molar-refractivity contribution is -0.113. The Hall–Kier alpha value is -3.46. The highest BCUT2D eigenvalue weighted by Crippen LogP contribution is 2.19. The van der Waals surface area contributed by atoms with Crippen LogP contribution in [0.15, 0.2) is 46.5 Å². The summed E-state index contributed by atoms with van der Waals surface area (Å²) in [6.45, 7) is 7.82. The molecule has 3 heterocycles. The lowest BCUT2D eigenvalue weighted by Crippen LogP contribution is -2.23. The number of benzene rings is 1. The van der Waals surface area contributed by atoms with Gasteiger partial charge in [0.05, 0.1) is 5.75 Å². The lowest BCUT2D eigenvalue weighted by Gasteiger charge is -2.10. The molecule has 4 aromatic rings. The highest BCUT2D eigenvalue weighted by atomic mass is 32.2. The van der Waals surface area contributed by atoms with Gasteiger partial charge in [0, 0.05) is 36.6 Å². The Bertz CT molecular complexity index is 1420. The van der Waals surface area contributed by atoms with Crippen molar-refractivity contribution in [3.63, 3.8) is 0 Å². The number of aromatic nitrogens is 5. The van der Waals surface area contributed by atoms with Crippen molar-refractivity contribution < 1.29 is 4.79 Å². The highest BCUT2D eigenvalue weighted by Gasteiger charge is 2.17. The summed E-state index contributed by atoms with van der Waals surface area (Å²) in [6, 6.07) is 9.61. The first kappa shape index (κ1) is 22.7. The van der Waals surface area contributed by atoms with Gasteiger partial charge in [0.15, 0.2) is 5.16 Å². The molecular weight excluding hydrogens is 436 g/mol. The Morgan fingerprint density at radius 2 is 1.85 bits per heavy atom. The molecule has 0 aliphatic carbocycles. The van der Waals surface area contributed by atoms with Gasteiger partial charge in [-0.05, 0) is 62.6 Å². The summed E-state index contributed by atoms with van der Waals surface area (Å²) in [7, 11) is 1.84. The molecule has 0 saturated heterocycles. The van der Waals surface area contributed by atoms with Crippen molar-refractivity contribution in [2.24, 2.45) is 7.05 Å². The zero-order valence-corrected chi connectivity index (χ0v) is 20.2. The summed E-state index contributed by atoms with van der Waals surface area (Å²) in [6.07, 6.45) is 2.04. The smallest absolute Gasteiger partial charge is 0.261 e. The van der Waals surface area contributed by atoms with Gasteiger partial charge in [-0.3, -0.25) is 14.0 Å². The average Bonchev–Trinajstić information content (AvgIpc) is 3.12. The van der Waals surface area contributed by atoms with Crippen LogP contribution in [0, 0.1) is 27.7 Å². The van der Waals surface area contributed by atoms with Crippen LogP contribution in [0.25, 0.3) is 5.65 Å². The number of anilines is 1. The van der Waals surface area contributed by atoms with E-state index in [9.17, 15) is 9.59 Å². The van der Waals surface area contributed by atoms with E-state index in [4.69, 9.17) is 0 Å². The monoisotopic (exact) mass is 462 g/mol. The van der Waals surface area contributed by atoms with Crippen LogP contribution >= 0.6 is 11.8 Å². The van der Waals surface area contributed by atoms with Crippen molar-refractivity contribution in [2.45, 2.75) is 39.3 Å². The van der Waals surface area contributed by atoms with E-state index < -0.39 is 0 Å². The minimum absolute atomic E-state index is 0.105. The molecule has 4 rings (SSSR count). The summed E-state index contributed by atoms with van der Waals surface area (Å²) in [5.74, 6) is 0.731. The first-order valence-corrected chi connectivity index (χ1v) is 11.6. The summed E-state index contributed by atoms with van der Waals surface area (Å²) in [4.78, 5) is 30.1. The Morgan fingerprint density at radius 3 is 2.61 bits per heavy atom. The van der Waals surface area contributed by atoms with Crippen molar-refractivity contribution in [3.05, 3.63) is 80.7 Å². The quantitative estimate of drug-likeness (QED) is 0.442. The molecule has 1 amide bonds. The van der Waals surface area contributed by atoms with Crippen molar-refractivity contribution in [3.8, 4) is 0 Å². The molecule has 1 aromatic carbocycles. The number of carbonyl (C=O) groups is 1. The number of fused-ring (bicyclic) bond motifs is 1. The lowest BCUT2D eigenvalue weighted by atomic mass is 10.1. The largest absolute Gasteiger partial charge is 0.325 e. The molecular formula is C24H26N6O2S. The molecule has 0 spiro atoms. The molecule has 0 aliphatic heterocycles. The van der Waals surface area contributed by atoms with Crippen LogP contribution in [-0.2, 0) is 18.3 Å². The number of hydrogen-bond donors (Lipinski definition) is 1. The number of rotatable bonds is 6. The molecule has 33 heavy (non-hydrogen) atoms.